The van der Waals surface area contributed by atoms with Crippen LogP contribution in [0.2, 0.25) is 5.02 Å². The Morgan fingerprint density at radius 2 is 1.80 bits per heavy atom. The van der Waals surface area contributed by atoms with Crippen molar-refractivity contribution in [2.75, 3.05) is 11.9 Å². The second kappa shape index (κ2) is 10.4. The number of hydrogen-bond donors (Lipinski definition) is 0. The number of carbonyl (C=O) groups is 1. The van der Waals surface area contributed by atoms with Gasteiger partial charge in [-0.15, -0.1) is 0 Å². The molecule has 1 saturated heterocycles. The molecule has 1 aliphatic heterocycles. The van der Waals surface area contributed by atoms with Crippen LogP contribution in [0.15, 0.2) is 53.5 Å². The first kappa shape index (κ1) is 23.2. The van der Waals surface area contributed by atoms with Gasteiger partial charge in [0.1, 0.15) is 10.8 Å². The molecule has 0 spiro atoms. The van der Waals surface area contributed by atoms with Gasteiger partial charge in [0.2, 0.25) is 5.91 Å². The normalized spacial score (nSPS) is 22.9. The van der Waals surface area contributed by atoms with E-state index in [1.807, 2.05) is 18.2 Å². The van der Waals surface area contributed by atoms with Crippen molar-refractivity contribution < 1.29 is 22.4 Å². The number of amides is 1. The molecule has 1 amide bonds. The topological polar surface area (TPSA) is 69.4 Å². The van der Waals surface area contributed by atoms with Gasteiger partial charge < -0.3 is 18.8 Å². The molecule has 0 unspecified atom stereocenters. The van der Waals surface area contributed by atoms with Gasteiger partial charge in [-0.2, -0.15) is 0 Å². The highest BCUT2D eigenvalue weighted by Crippen LogP contribution is 2.42. The molecule has 10 heteroatoms. The third-order valence-electron chi connectivity index (χ3n) is 8.06. The molecule has 208 valence electrons. The molecule has 0 radical (unpaired) electrons. The fourth-order valence-electron chi connectivity index (χ4n) is 6.05. The summed E-state index contributed by atoms with van der Waals surface area (Å²) >= 11 is 6.18. The minimum absolute atomic E-state index is 0.0585. The Morgan fingerprint density at radius 3 is 2.52 bits per heavy atom. The standard InChI is InChI=1S/C30H29ClF2N4O3/c1-35-16-18(13-22(31)30(35)39)17-3-10-26-25(14-17)34-29(37(26)19-4-7-21(40-2)8-5-19)27-11-12-28(38)36(27)20-6-9-23(32)24(33)15-20/h3,6,9-10,13-16,19,21,27H,4-5,7-8,11-12H2,1-2H3/t19?,21?,27-/m0/s1/i2D3. The predicted molar refractivity (Wildman–Crippen MR) is 150 cm³/mol. The van der Waals surface area contributed by atoms with Crippen molar-refractivity contribution in [2.45, 2.75) is 56.7 Å². The van der Waals surface area contributed by atoms with Crippen molar-refractivity contribution >= 4 is 34.2 Å². The number of carbonyl (C=O) groups excluding carboxylic acids is 1. The quantitative estimate of drug-likeness (QED) is 0.281. The van der Waals surface area contributed by atoms with Crippen LogP contribution in [0.3, 0.4) is 0 Å². The second-order valence-corrected chi connectivity index (χ2v) is 10.9. The molecule has 1 aliphatic carbocycles. The summed E-state index contributed by atoms with van der Waals surface area (Å²) in [6, 6.07) is 10.2. The fourth-order valence-corrected chi connectivity index (χ4v) is 6.30. The molecule has 2 aromatic heterocycles. The van der Waals surface area contributed by atoms with E-state index in [1.165, 1.54) is 15.5 Å². The van der Waals surface area contributed by atoms with E-state index in [0.717, 1.165) is 28.8 Å². The summed E-state index contributed by atoms with van der Waals surface area (Å²) in [5.74, 6) is -1.65. The fraction of sp³-hybridized carbons (Fsp3) is 0.367. The van der Waals surface area contributed by atoms with Crippen LogP contribution in [0.5, 0.6) is 0 Å². The lowest BCUT2D eigenvalue weighted by Gasteiger charge is -2.32. The molecule has 0 N–H and O–H groups in total. The molecule has 0 bridgehead atoms. The molecule has 4 aromatic rings. The largest absolute Gasteiger partial charge is 0.381 e. The summed E-state index contributed by atoms with van der Waals surface area (Å²) in [6.45, 7) is 0. The Morgan fingerprint density at radius 1 is 1.00 bits per heavy atom. The van der Waals surface area contributed by atoms with Crippen LogP contribution >= 0.6 is 11.6 Å². The molecule has 6 rings (SSSR count). The number of ether oxygens (including phenoxy) is 1. The summed E-state index contributed by atoms with van der Waals surface area (Å²) in [4.78, 5) is 31.8. The van der Waals surface area contributed by atoms with Gasteiger partial charge >= 0.3 is 0 Å². The van der Waals surface area contributed by atoms with Gasteiger partial charge in [0.05, 0.1) is 27.3 Å². The zero-order valence-corrected chi connectivity index (χ0v) is 22.5. The average Bonchev–Trinajstić information content (AvgIpc) is 3.52. The third-order valence-corrected chi connectivity index (χ3v) is 8.33. The van der Waals surface area contributed by atoms with Gasteiger partial charge in [0.15, 0.2) is 11.6 Å². The van der Waals surface area contributed by atoms with Gasteiger partial charge in [0, 0.05) is 44.5 Å². The number of pyridine rings is 1. The zero-order valence-electron chi connectivity index (χ0n) is 24.7. The van der Waals surface area contributed by atoms with E-state index >= 15 is 0 Å². The molecule has 3 heterocycles. The van der Waals surface area contributed by atoms with E-state index in [0.29, 0.717) is 43.4 Å². The van der Waals surface area contributed by atoms with Crippen LogP contribution in [0, 0.1) is 11.6 Å². The molecule has 1 atom stereocenters. The highest BCUT2D eigenvalue weighted by Gasteiger charge is 2.38. The Bertz CT molecular complexity index is 1760. The van der Waals surface area contributed by atoms with Crippen molar-refractivity contribution in [3.8, 4) is 11.1 Å². The maximum Gasteiger partial charge on any atom is 0.269 e. The van der Waals surface area contributed by atoms with E-state index < -0.39 is 30.8 Å². The maximum atomic E-state index is 14.3. The van der Waals surface area contributed by atoms with Crippen molar-refractivity contribution in [3.63, 3.8) is 0 Å². The Hall–Kier alpha value is -3.56. The van der Waals surface area contributed by atoms with Gasteiger partial charge in [-0.3, -0.25) is 9.59 Å². The molecule has 1 saturated carbocycles. The minimum atomic E-state index is -2.47. The SMILES string of the molecule is [2H]C([2H])([2H])OC1CCC(n2c([C@@H]3CCC(=O)N3c3ccc(F)c(F)c3)nc3cc(-c4cc(Cl)c(=O)n(C)c4)ccc32)CC1. The van der Waals surface area contributed by atoms with Gasteiger partial charge in [0.25, 0.3) is 5.56 Å². The van der Waals surface area contributed by atoms with E-state index in [4.69, 9.17) is 25.4 Å². The molecular formula is C30H29ClF2N4O3. The lowest BCUT2D eigenvalue weighted by molar-refractivity contribution is -0.117. The minimum Gasteiger partial charge on any atom is -0.381 e. The van der Waals surface area contributed by atoms with Gasteiger partial charge in [-0.25, -0.2) is 13.8 Å². The summed E-state index contributed by atoms with van der Waals surface area (Å²) < 4.78 is 59.2. The molecule has 7 nitrogen and oxygen atoms in total. The number of fused-ring (bicyclic) bond motifs is 1. The Kier molecular flexibility index (Phi) is 6.05. The number of halogens is 3. The van der Waals surface area contributed by atoms with E-state index in [1.54, 1.807) is 19.3 Å². The summed E-state index contributed by atoms with van der Waals surface area (Å²) in [6.07, 6.45) is 4.28. The lowest BCUT2D eigenvalue weighted by atomic mass is 9.92. The number of methoxy groups -OCH3 is 1. The number of hydrogen-bond acceptors (Lipinski definition) is 4. The smallest absolute Gasteiger partial charge is 0.269 e. The number of benzene rings is 2. The highest BCUT2D eigenvalue weighted by molar-refractivity contribution is 6.30. The number of aryl methyl sites for hydroxylation is 1. The average molecular weight is 570 g/mol. The first-order valence-corrected chi connectivity index (χ1v) is 13.6. The number of anilines is 1. The van der Waals surface area contributed by atoms with Crippen molar-refractivity contribution in [2.24, 2.45) is 7.05 Å². The van der Waals surface area contributed by atoms with Crippen LogP contribution in [-0.4, -0.2) is 33.2 Å². The zero-order chi connectivity index (χ0) is 30.6. The monoisotopic (exact) mass is 569 g/mol. The number of aromatic nitrogens is 3. The number of nitrogens with zero attached hydrogens (tertiary/aromatic N) is 4. The lowest BCUT2D eigenvalue weighted by Crippen LogP contribution is -2.31. The Labute approximate surface area is 239 Å². The molecular weight excluding hydrogens is 538 g/mol. The number of rotatable bonds is 5. The summed E-state index contributed by atoms with van der Waals surface area (Å²) in [5, 5.41) is 0.0917. The molecule has 2 aliphatic rings. The van der Waals surface area contributed by atoms with E-state index in [-0.39, 0.29) is 34.6 Å². The van der Waals surface area contributed by atoms with Crippen LogP contribution in [-0.2, 0) is 16.6 Å². The van der Waals surface area contributed by atoms with Crippen LogP contribution < -0.4 is 10.5 Å². The highest BCUT2D eigenvalue weighted by atomic mass is 35.5. The number of imidazole rings is 1. The predicted octanol–water partition coefficient (Wildman–Crippen LogP) is 6.33. The van der Waals surface area contributed by atoms with Crippen LogP contribution in [0.25, 0.3) is 22.2 Å². The van der Waals surface area contributed by atoms with Crippen molar-refractivity contribution in [3.05, 3.63) is 81.5 Å². The third kappa shape index (κ3) is 4.61. The second-order valence-electron chi connectivity index (χ2n) is 10.5. The molecule has 2 fully saturated rings. The summed E-state index contributed by atoms with van der Waals surface area (Å²) in [5.41, 5.74) is 2.94. The van der Waals surface area contributed by atoms with E-state index in [9.17, 15) is 18.4 Å². The first-order chi connectivity index (χ1) is 20.4. The van der Waals surface area contributed by atoms with Gasteiger partial charge in [-0.1, -0.05) is 17.7 Å². The van der Waals surface area contributed by atoms with E-state index in [2.05, 4.69) is 4.57 Å². The maximum absolute atomic E-state index is 14.3. The van der Waals surface area contributed by atoms with Crippen LogP contribution in [0.4, 0.5) is 14.5 Å². The van der Waals surface area contributed by atoms with Gasteiger partial charge in [-0.05, 0) is 73.6 Å². The summed E-state index contributed by atoms with van der Waals surface area (Å²) in [7, 11) is -0.848. The molecule has 2 aromatic carbocycles. The Balaban J connectivity index is 1.44. The molecule has 40 heavy (non-hydrogen) atoms. The van der Waals surface area contributed by atoms with Crippen LogP contribution in [0.1, 0.15) is 60.5 Å². The first-order valence-electron chi connectivity index (χ1n) is 14.7. The van der Waals surface area contributed by atoms with Crippen molar-refractivity contribution in [1.82, 2.24) is 14.1 Å². The van der Waals surface area contributed by atoms with Crippen molar-refractivity contribution in [1.29, 1.82) is 0 Å².